The number of benzene rings is 1. The highest BCUT2D eigenvalue weighted by Gasteiger charge is 2.42. The van der Waals surface area contributed by atoms with Crippen molar-refractivity contribution in [3.8, 4) is 0 Å². The van der Waals surface area contributed by atoms with Crippen molar-refractivity contribution in [1.82, 2.24) is 0 Å². The molecule has 0 heteroatoms. The van der Waals surface area contributed by atoms with Gasteiger partial charge >= 0.3 is 0 Å². The summed E-state index contributed by atoms with van der Waals surface area (Å²) >= 11 is 0. The molecule has 0 unspecified atom stereocenters. The van der Waals surface area contributed by atoms with Crippen LogP contribution in [0.3, 0.4) is 0 Å². The lowest BCUT2D eigenvalue weighted by Crippen LogP contribution is -2.26. The van der Waals surface area contributed by atoms with Crippen LogP contribution in [0.4, 0.5) is 0 Å². The zero-order valence-electron chi connectivity index (χ0n) is 11.0. The molecule has 90 valence electrons. The molecular formula is C17H22. The van der Waals surface area contributed by atoms with Gasteiger partial charge in [0.1, 0.15) is 0 Å². The highest BCUT2D eigenvalue weighted by molar-refractivity contribution is 5.57. The van der Waals surface area contributed by atoms with Gasteiger partial charge in [-0.1, -0.05) is 43.7 Å². The Morgan fingerprint density at radius 3 is 3.00 bits per heavy atom. The number of rotatable bonds is 1. The molecule has 0 N–H and O–H groups in total. The lowest BCUT2D eigenvalue weighted by molar-refractivity contribution is 0.252. The van der Waals surface area contributed by atoms with Gasteiger partial charge in [0.15, 0.2) is 0 Å². The van der Waals surface area contributed by atoms with Crippen LogP contribution in [0.2, 0.25) is 0 Å². The number of hydrogen-bond donors (Lipinski definition) is 0. The Morgan fingerprint density at radius 1 is 1.29 bits per heavy atom. The summed E-state index contributed by atoms with van der Waals surface area (Å²) in [4.78, 5) is 0. The van der Waals surface area contributed by atoms with Crippen molar-refractivity contribution in [3.05, 3.63) is 41.0 Å². The second-order valence-electron chi connectivity index (χ2n) is 6.01. The molecule has 3 rings (SSSR count). The smallest absolute Gasteiger partial charge is 0.0105 e. The predicted octanol–water partition coefficient (Wildman–Crippen LogP) is 4.94. The minimum Gasteiger partial charge on any atom is -0.0871 e. The van der Waals surface area contributed by atoms with Crippen molar-refractivity contribution in [2.45, 2.75) is 51.9 Å². The van der Waals surface area contributed by atoms with Gasteiger partial charge in [-0.2, -0.15) is 0 Å². The Hall–Kier alpha value is -1.04. The Morgan fingerprint density at radius 2 is 2.18 bits per heavy atom. The maximum Gasteiger partial charge on any atom is -0.0105 e. The third kappa shape index (κ3) is 1.66. The summed E-state index contributed by atoms with van der Waals surface area (Å²) in [6, 6.07) is 6.91. The molecule has 1 aromatic carbocycles. The summed E-state index contributed by atoms with van der Waals surface area (Å²) in [6.45, 7) is 4.62. The molecule has 2 aliphatic carbocycles. The zero-order chi connectivity index (χ0) is 11.9. The summed E-state index contributed by atoms with van der Waals surface area (Å²) in [5.74, 6) is 0.830. The van der Waals surface area contributed by atoms with Crippen LogP contribution in [-0.2, 0) is 6.42 Å². The van der Waals surface area contributed by atoms with Gasteiger partial charge in [0, 0.05) is 0 Å². The van der Waals surface area contributed by atoms with E-state index in [9.17, 15) is 0 Å². The summed E-state index contributed by atoms with van der Waals surface area (Å²) in [6.07, 6.45) is 11.4. The molecule has 0 radical (unpaired) electrons. The number of hydrogen-bond acceptors (Lipinski definition) is 0. The van der Waals surface area contributed by atoms with Gasteiger partial charge in [0.05, 0.1) is 0 Å². The largest absolute Gasteiger partial charge is 0.0871 e. The summed E-state index contributed by atoms with van der Waals surface area (Å²) in [7, 11) is 0. The fraction of sp³-hybridized carbons (Fsp3) is 0.529. The van der Waals surface area contributed by atoms with Gasteiger partial charge in [-0.25, -0.2) is 0 Å². The molecule has 0 aliphatic heterocycles. The van der Waals surface area contributed by atoms with Crippen LogP contribution >= 0.6 is 0 Å². The van der Waals surface area contributed by atoms with Crippen LogP contribution < -0.4 is 0 Å². The maximum atomic E-state index is 2.51. The second-order valence-corrected chi connectivity index (χ2v) is 6.01. The summed E-state index contributed by atoms with van der Waals surface area (Å²) in [5.41, 5.74) is 5.35. The van der Waals surface area contributed by atoms with Gasteiger partial charge in [-0.05, 0) is 60.6 Å². The second kappa shape index (κ2) is 4.01. The van der Waals surface area contributed by atoms with E-state index in [1.807, 2.05) is 0 Å². The first-order valence-corrected chi connectivity index (χ1v) is 6.99. The first-order chi connectivity index (χ1) is 8.24. The van der Waals surface area contributed by atoms with Crippen molar-refractivity contribution >= 4 is 6.08 Å². The zero-order valence-corrected chi connectivity index (χ0v) is 11.0. The standard InChI is InChI=1S/C17H22/c1-3-6-13-7-4-8-15-14(13)10-12-17(2)11-5-9-16(15)17/h3-4,6-8,16H,5,9-12H2,1-2H3/b6-3-/t16-,17-/m0/s1. The molecule has 0 amide bonds. The third-order valence-electron chi connectivity index (χ3n) is 5.00. The van der Waals surface area contributed by atoms with Crippen LogP contribution in [-0.4, -0.2) is 0 Å². The topological polar surface area (TPSA) is 0 Å². The van der Waals surface area contributed by atoms with E-state index in [4.69, 9.17) is 0 Å². The van der Waals surface area contributed by atoms with Crippen LogP contribution in [0, 0.1) is 5.41 Å². The molecule has 0 aromatic heterocycles. The van der Waals surface area contributed by atoms with Gasteiger partial charge in [-0.3, -0.25) is 0 Å². The summed E-state index contributed by atoms with van der Waals surface area (Å²) < 4.78 is 0. The van der Waals surface area contributed by atoms with Gasteiger partial charge in [0.25, 0.3) is 0 Å². The first-order valence-electron chi connectivity index (χ1n) is 6.99. The van der Waals surface area contributed by atoms with Gasteiger partial charge in [-0.15, -0.1) is 0 Å². The minimum absolute atomic E-state index is 0.599. The average Bonchev–Trinajstić information content (AvgIpc) is 2.72. The van der Waals surface area contributed by atoms with Crippen molar-refractivity contribution < 1.29 is 0 Å². The van der Waals surface area contributed by atoms with E-state index in [-0.39, 0.29) is 0 Å². The maximum absolute atomic E-state index is 2.51. The fourth-order valence-corrected chi connectivity index (χ4v) is 4.05. The molecule has 0 spiro atoms. The van der Waals surface area contributed by atoms with E-state index < -0.39 is 0 Å². The molecule has 2 aliphatic rings. The molecule has 1 fully saturated rings. The minimum atomic E-state index is 0.599. The third-order valence-corrected chi connectivity index (χ3v) is 5.00. The average molecular weight is 226 g/mol. The van der Waals surface area contributed by atoms with Gasteiger partial charge in [0.2, 0.25) is 0 Å². The van der Waals surface area contributed by atoms with E-state index >= 15 is 0 Å². The monoisotopic (exact) mass is 226 g/mol. The lowest BCUT2D eigenvalue weighted by Gasteiger charge is -2.38. The summed E-state index contributed by atoms with van der Waals surface area (Å²) in [5, 5.41) is 0. The molecule has 0 heterocycles. The Kier molecular flexibility index (Phi) is 2.61. The molecule has 1 saturated carbocycles. The van der Waals surface area contributed by atoms with Gasteiger partial charge < -0.3 is 0 Å². The van der Waals surface area contributed by atoms with Crippen molar-refractivity contribution in [3.63, 3.8) is 0 Å². The highest BCUT2D eigenvalue weighted by Crippen LogP contribution is 2.55. The quantitative estimate of drug-likeness (QED) is 0.636. The Bertz CT molecular complexity index is 455. The van der Waals surface area contributed by atoms with Crippen LogP contribution in [0.5, 0.6) is 0 Å². The van der Waals surface area contributed by atoms with Crippen molar-refractivity contribution in [2.24, 2.45) is 5.41 Å². The number of allylic oxidation sites excluding steroid dienone is 1. The molecule has 2 atom stereocenters. The fourth-order valence-electron chi connectivity index (χ4n) is 4.05. The van der Waals surface area contributed by atoms with Crippen molar-refractivity contribution in [2.75, 3.05) is 0 Å². The molecule has 17 heavy (non-hydrogen) atoms. The Balaban J connectivity index is 2.10. The SMILES string of the molecule is C/C=C\c1cccc2c1CC[C@]1(C)CCC[C@@H]21. The van der Waals surface area contributed by atoms with E-state index in [1.54, 1.807) is 11.1 Å². The van der Waals surface area contributed by atoms with Crippen LogP contribution in [0.15, 0.2) is 24.3 Å². The Labute approximate surface area is 105 Å². The highest BCUT2D eigenvalue weighted by atomic mass is 14.5. The normalized spacial score (nSPS) is 31.5. The molecule has 0 bridgehead atoms. The van der Waals surface area contributed by atoms with E-state index in [2.05, 4.69) is 44.2 Å². The molecular weight excluding hydrogens is 204 g/mol. The number of fused-ring (bicyclic) bond motifs is 3. The van der Waals surface area contributed by atoms with E-state index in [0.717, 1.165) is 5.92 Å². The van der Waals surface area contributed by atoms with Crippen LogP contribution in [0.25, 0.3) is 6.08 Å². The predicted molar refractivity (Wildman–Crippen MR) is 74.2 cm³/mol. The van der Waals surface area contributed by atoms with Crippen LogP contribution in [0.1, 0.15) is 62.1 Å². The molecule has 0 saturated heterocycles. The van der Waals surface area contributed by atoms with E-state index in [1.165, 1.54) is 37.7 Å². The first kappa shape index (κ1) is 11.1. The molecule has 0 nitrogen and oxygen atoms in total. The van der Waals surface area contributed by atoms with E-state index in [0.29, 0.717) is 5.41 Å². The van der Waals surface area contributed by atoms with Crippen molar-refractivity contribution in [1.29, 1.82) is 0 Å². The lowest BCUT2D eigenvalue weighted by atomic mass is 9.66. The molecule has 1 aromatic rings.